The topological polar surface area (TPSA) is 60.9 Å². The highest BCUT2D eigenvalue weighted by Crippen LogP contribution is 2.24. The average molecular weight is 436 g/mol. The van der Waals surface area contributed by atoms with Gasteiger partial charge in [0.2, 0.25) is 10.0 Å². The first-order chi connectivity index (χ1) is 13.8. The Morgan fingerprint density at radius 2 is 1.72 bits per heavy atom. The van der Waals surface area contributed by atoms with Gasteiger partial charge in [0.05, 0.1) is 18.5 Å². The summed E-state index contributed by atoms with van der Waals surface area (Å²) < 4.78 is 25.9. The molecule has 6 nitrogen and oxygen atoms in total. The number of benzene rings is 2. The Kier molecular flexibility index (Phi) is 6.82. The fourth-order valence-electron chi connectivity index (χ4n) is 3.40. The summed E-state index contributed by atoms with van der Waals surface area (Å²) >= 11 is 6.02. The van der Waals surface area contributed by atoms with Gasteiger partial charge in [0, 0.05) is 36.8 Å². The molecule has 1 saturated heterocycles. The minimum absolute atomic E-state index is 0.0158. The van der Waals surface area contributed by atoms with Crippen molar-refractivity contribution in [2.24, 2.45) is 0 Å². The molecule has 1 amide bonds. The van der Waals surface area contributed by atoms with E-state index in [1.165, 1.54) is 10.6 Å². The molecule has 0 saturated carbocycles. The van der Waals surface area contributed by atoms with Crippen molar-refractivity contribution in [2.75, 3.05) is 43.3 Å². The summed E-state index contributed by atoms with van der Waals surface area (Å²) in [5, 5.41) is 0.472. The fourth-order valence-corrected chi connectivity index (χ4v) is 4.46. The number of halogens is 1. The molecule has 156 valence electrons. The van der Waals surface area contributed by atoms with Gasteiger partial charge in [-0.05, 0) is 42.4 Å². The molecule has 0 aliphatic carbocycles. The second kappa shape index (κ2) is 9.15. The Labute approximate surface area is 177 Å². The van der Waals surface area contributed by atoms with Gasteiger partial charge >= 0.3 is 0 Å². The molecule has 2 aromatic carbocycles. The number of hydrogen-bond donors (Lipinski definition) is 0. The summed E-state index contributed by atoms with van der Waals surface area (Å²) in [7, 11) is -3.49. The number of nitrogens with zero attached hydrogens (tertiary/aromatic N) is 3. The molecule has 0 unspecified atom stereocenters. The van der Waals surface area contributed by atoms with Gasteiger partial charge in [-0.25, -0.2) is 8.42 Å². The molecule has 29 heavy (non-hydrogen) atoms. The number of carbonyl (C=O) groups excluding carboxylic acids is 1. The number of piperazine rings is 1. The molecule has 1 heterocycles. The van der Waals surface area contributed by atoms with Crippen molar-refractivity contribution in [3.05, 3.63) is 64.7 Å². The Morgan fingerprint density at radius 3 is 2.28 bits per heavy atom. The molecule has 0 radical (unpaired) electrons. The van der Waals surface area contributed by atoms with Crippen LogP contribution >= 0.6 is 11.6 Å². The number of anilines is 1. The molecule has 0 aromatic heterocycles. The van der Waals surface area contributed by atoms with Crippen LogP contribution in [0.25, 0.3) is 0 Å². The van der Waals surface area contributed by atoms with E-state index in [2.05, 4.69) is 11.8 Å². The molecule has 0 spiro atoms. The van der Waals surface area contributed by atoms with Crippen LogP contribution in [0.4, 0.5) is 5.69 Å². The minimum Gasteiger partial charge on any atom is -0.336 e. The van der Waals surface area contributed by atoms with Crippen LogP contribution in [0.15, 0.2) is 48.5 Å². The molecule has 1 fully saturated rings. The highest BCUT2D eigenvalue weighted by molar-refractivity contribution is 7.92. The zero-order chi connectivity index (χ0) is 21.0. The van der Waals surface area contributed by atoms with Crippen molar-refractivity contribution in [1.82, 2.24) is 9.80 Å². The van der Waals surface area contributed by atoms with Crippen LogP contribution in [0, 0.1) is 0 Å². The molecule has 8 heteroatoms. The van der Waals surface area contributed by atoms with Gasteiger partial charge in [0.15, 0.2) is 0 Å². The van der Waals surface area contributed by atoms with E-state index < -0.39 is 10.0 Å². The van der Waals surface area contributed by atoms with Gasteiger partial charge in [-0.2, -0.15) is 0 Å². The number of likely N-dealkylation sites (N-methyl/N-ethyl adjacent to an activating group) is 1. The van der Waals surface area contributed by atoms with Crippen molar-refractivity contribution < 1.29 is 13.2 Å². The molecule has 3 rings (SSSR count). The SMILES string of the molecule is CCN1CCN(C(=O)c2ccc(CN(c3cccc(Cl)c3)S(C)(=O)=O)cc2)CC1. The smallest absolute Gasteiger partial charge is 0.253 e. The van der Waals surface area contributed by atoms with Crippen molar-refractivity contribution in [2.45, 2.75) is 13.5 Å². The normalized spacial score (nSPS) is 15.3. The quantitative estimate of drug-likeness (QED) is 0.699. The Bertz CT molecular complexity index is 955. The van der Waals surface area contributed by atoms with Crippen molar-refractivity contribution in [3.8, 4) is 0 Å². The standard InChI is InChI=1S/C21H26ClN3O3S/c1-3-23-11-13-24(14-12-23)21(26)18-9-7-17(8-10-18)16-25(29(2,27)28)20-6-4-5-19(22)15-20/h4-10,15H,3,11-14,16H2,1-2H3. The third-order valence-electron chi connectivity index (χ3n) is 5.13. The van der Waals surface area contributed by atoms with Crippen molar-refractivity contribution in [1.29, 1.82) is 0 Å². The van der Waals surface area contributed by atoms with E-state index in [0.717, 1.165) is 38.3 Å². The summed E-state index contributed by atoms with van der Waals surface area (Å²) in [6, 6.07) is 13.9. The Balaban J connectivity index is 1.73. The van der Waals surface area contributed by atoms with Gasteiger partial charge < -0.3 is 9.80 Å². The van der Waals surface area contributed by atoms with Crippen LogP contribution in [-0.4, -0.2) is 63.1 Å². The van der Waals surface area contributed by atoms with Crippen LogP contribution in [0.1, 0.15) is 22.8 Å². The maximum Gasteiger partial charge on any atom is 0.253 e. The van der Waals surface area contributed by atoms with E-state index in [9.17, 15) is 13.2 Å². The molecule has 0 N–H and O–H groups in total. The Hall–Kier alpha value is -2.09. The molecule has 1 aliphatic rings. The van der Waals surface area contributed by atoms with Gasteiger partial charge in [-0.15, -0.1) is 0 Å². The largest absolute Gasteiger partial charge is 0.336 e. The first-order valence-electron chi connectivity index (χ1n) is 9.62. The third-order valence-corrected chi connectivity index (χ3v) is 6.51. The lowest BCUT2D eigenvalue weighted by Crippen LogP contribution is -2.48. The average Bonchev–Trinajstić information content (AvgIpc) is 2.71. The second-order valence-electron chi connectivity index (χ2n) is 7.17. The summed E-state index contributed by atoms with van der Waals surface area (Å²) in [5.41, 5.74) is 1.92. The second-order valence-corrected chi connectivity index (χ2v) is 9.52. The maximum atomic E-state index is 12.7. The number of amides is 1. The van der Waals surface area contributed by atoms with Gasteiger partial charge in [0.1, 0.15) is 0 Å². The van der Waals surface area contributed by atoms with E-state index in [1.807, 2.05) is 4.90 Å². The highest BCUT2D eigenvalue weighted by Gasteiger charge is 2.22. The summed E-state index contributed by atoms with van der Waals surface area (Å²) in [4.78, 5) is 16.9. The van der Waals surface area contributed by atoms with Crippen molar-refractivity contribution in [3.63, 3.8) is 0 Å². The van der Waals surface area contributed by atoms with E-state index in [0.29, 0.717) is 16.3 Å². The summed E-state index contributed by atoms with van der Waals surface area (Å²) in [5.74, 6) is 0.0158. The van der Waals surface area contributed by atoms with E-state index in [-0.39, 0.29) is 12.5 Å². The highest BCUT2D eigenvalue weighted by atomic mass is 35.5. The number of rotatable bonds is 6. The first kappa shape index (κ1) is 21.6. The lowest BCUT2D eigenvalue weighted by Gasteiger charge is -2.34. The first-order valence-corrected chi connectivity index (χ1v) is 11.8. The maximum absolute atomic E-state index is 12.7. The lowest BCUT2D eigenvalue weighted by atomic mass is 10.1. The lowest BCUT2D eigenvalue weighted by molar-refractivity contribution is 0.0643. The number of sulfonamides is 1. The van der Waals surface area contributed by atoms with Crippen LogP contribution in [0.5, 0.6) is 0 Å². The minimum atomic E-state index is -3.49. The van der Waals surface area contributed by atoms with Crippen LogP contribution in [-0.2, 0) is 16.6 Å². The van der Waals surface area contributed by atoms with Crippen LogP contribution in [0.2, 0.25) is 5.02 Å². The van der Waals surface area contributed by atoms with Gasteiger partial charge in [-0.3, -0.25) is 9.10 Å². The van der Waals surface area contributed by atoms with Crippen LogP contribution < -0.4 is 4.31 Å². The Morgan fingerprint density at radius 1 is 1.07 bits per heavy atom. The molecule has 2 aromatic rings. The molecule has 1 aliphatic heterocycles. The van der Waals surface area contributed by atoms with E-state index >= 15 is 0 Å². The molecular weight excluding hydrogens is 410 g/mol. The summed E-state index contributed by atoms with van der Waals surface area (Å²) in [6.45, 7) is 6.53. The summed E-state index contributed by atoms with van der Waals surface area (Å²) in [6.07, 6.45) is 1.17. The predicted octanol–water partition coefficient (Wildman–Crippen LogP) is 3.08. The predicted molar refractivity (Wildman–Crippen MR) is 117 cm³/mol. The zero-order valence-electron chi connectivity index (χ0n) is 16.7. The van der Waals surface area contributed by atoms with E-state index in [4.69, 9.17) is 11.6 Å². The fraction of sp³-hybridized carbons (Fsp3) is 0.381. The molecular formula is C21H26ClN3O3S. The van der Waals surface area contributed by atoms with Gasteiger partial charge in [-0.1, -0.05) is 36.7 Å². The number of carbonyl (C=O) groups is 1. The van der Waals surface area contributed by atoms with Crippen LogP contribution in [0.3, 0.4) is 0 Å². The van der Waals surface area contributed by atoms with E-state index in [1.54, 1.807) is 48.5 Å². The monoisotopic (exact) mass is 435 g/mol. The molecule has 0 atom stereocenters. The van der Waals surface area contributed by atoms with Crippen molar-refractivity contribution >= 4 is 33.2 Å². The third kappa shape index (κ3) is 5.50. The van der Waals surface area contributed by atoms with Gasteiger partial charge in [0.25, 0.3) is 5.91 Å². The number of hydrogen-bond acceptors (Lipinski definition) is 4. The molecule has 0 bridgehead atoms. The zero-order valence-corrected chi connectivity index (χ0v) is 18.3.